The van der Waals surface area contributed by atoms with Gasteiger partial charge in [0.2, 0.25) is 0 Å². The molecular formula is C26H36FN5O6. The summed E-state index contributed by atoms with van der Waals surface area (Å²) in [4.78, 5) is 34.3. The van der Waals surface area contributed by atoms with Crippen LogP contribution in [-0.2, 0) is 19.1 Å². The summed E-state index contributed by atoms with van der Waals surface area (Å²) < 4.78 is 26.7. The summed E-state index contributed by atoms with van der Waals surface area (Å²) in [7, 11) is 0. The standard InChI is InChI=1S/C26H36FN5O6/c1-2-26(16-33)18(15-19(38-26)32-17-29-22-23(28)30-25(27)31-24(22)32)37-21(36)14-12-10-8-6-4-3-5-7-9-11-13-20(34)35/h1,17-19,33H,3-16H2,(H,34,35)(H2,28,30,31)/t18-,19+,26+/m0/s1. The molecule has 1 aliphatic rings. The first-order valence-electron chi connectivity index (χ1n) is 13.1. The van der Waals surface area contributed by atoms with E-state index in [9.17, 15) is 19.1 Å². The van der Waals surface area contributed by atoms with Crippen LogP contribution in [0.4, 0.5) is 10.2 Å². The molecular weight excluding hydrogens is 497 g/mol. The molecule has 12 heteroatoms. The van der Waals surface area contributed by atoms with Crippen LogP contribution in [0.15, 0.2) is 6.33 Å². The Kier molecular flexibility index (Phi) is 10.8. The number of esters is 1. The van der Waals surface area contributed by atoms with Gasteiger partial charge in [-0.15, -0.1) is 6.42 Å². The molecule has 1 fully saturated rings. The highest BCUT2D eigenvalue weighted by atomic mass is 19.1. The molecule has 2 aromatic rings. The zero-order chi connectivity index (χ0) is 27.5. The van der Waals surface area contributed by atoms with Crippen LogP contribution in [0.5, 0.6) is 0 Å². The maximum absolute atomic E-state index is 13.7. The van der Waals surface area contributed by atoms with Crippen LogP contribution in [0.3, 0.4) is 0 Å². The van der Waals surface area contributed by atoms with E-state index in [1.807, 2.05) is 0 Å². The van der Waals surface area contributed by atoms with Gasteiger partial charge in [0.1, 0.15) is 12.3 Å². The number of halogens is 1. The summed E-state index contributed by atoms with van der Waals surface area (Å²) in [6, 6.07) is 0. The lowest BCUT2D eigenvalue weighted by molar-refractivity contribution is -0.159. The summed E-state index contributed by atoms with van der Waals surface area (Å²) in [5, 5.41) is 18.6. The number of aliphatic carboxylic acids is 1. The summed E-state index contributed by atoms with van der Waals surface area (Å²) in [6.45, 7) is -0.574. The second-order valence-corrected chi connectivity index (χ2v) is 9.61. The largest absolute Gasteiger partial charge is 0.481 e. The molecule has 0 amide bonds. The van der Waals surface area contributed by atoms with Crippen molar-refractivity contribution >= 4 is 28.9 Å². The number of carboxylic acids is 1. The van der Waals surface area contributed by atoms with E-state index in [2.05, 4.69) is 20.9 Å². The number of aromatic nitrogens is 4. The minimum absolute atomic E-state index is 0.106. The third-order valence-electron chi connectivity index (χ3n) is 6.79. The molecule has 3 heterocycles. The molecule has 208 valence electrons. The molecule has 2 aromatic heterocycles. The van der Waals surface area contributed by atoms with E-state index in [1.54, 1.807) is 0 Å². The number of nitrogens with two attached hydrogens (primary N) is 1. The van der Waals surface area contributed by atoms with Gasteiger partial charge in [-0.05, 0) is 12.8 Å². The van der Waals surface area contributed by atoms with E-state index in [4.69, 9.17) is 26.7 Å². The second-order valence-electron chi connectivity index (χ2n) is 9.61. The number of carbonyl (C=O) groups excluding carboxylic acids is 1. The first kappa shape index (κ1) is 29.3. The lowest BCUT2D eigenvalue weighted by Gasteiger charge is -2.26. The molecule has 0 saturated carbocycles. The van der Waals surface area contributed by atoms with Gasteiger partial charge in [-0.3, -0.25) is 14.2 Å². The van der Waals surface area contributed by atoms with Crippen molar-refractivity contribution in [2.45, 2.75) is 101 Å². The van der Waals surface area contributed by atoms with Crippen LogP contribution in [0.25, 0.3) is 11.2 Å². The monoisotopic (exact) mass is 533 g/mol. The van der Waals surface area contributed by atoms with Crippen molar-refractivity contribution < 1.29 is 33.7 Å². The van der Waals surface area contributed by atoms with Gasteiger partial charge in [-0.1, -0.05) is 57.3 Å². The minimum atomic E-state index is -1.55. The lowest BCUT2D eigenvalue weighted by atomic mass is 9.98. The Morgan fingerprint density at radius 2 is 1.74 bits per heavy atom. The maximum Gasteiger partial charge on any atom is 0.312 e. The highest BCUT2D eigenvalue weighted by Crippen LogP contribution is 2.39. The molecule has 1 saturated heterocycles. The Morgan fingerprint density at radius 1 is 1.13 bits per heavy atom. The fraction of sp³-hybridized carbons (Fsp3) is 0.654. The highest BCUT2D eigenvalue weighted by Gasteiger charge is 2.51. The van der Waals surface area contributed by atoms with Crippen LogP contribution >= 0.6 is 0 Å². The molecule has 38 heavy (non-hydrogen) atoms. The van der Waals surface area contributed by atoms with Gasteiger partial charge in [-0.25, -0.2) is 4.98 Å². The van der Waals surface area contributed by atoms with Gasteiger partial charge in [-0.2, -0.15) is 14.4 Å². The number of aliphatic hydroxyl groups excluding tert-OH is 1. The number of rotatable bonds is 16. The highest BCUT2D eigenvalue weighted by molar-refractivity contribution is 5.81. The molecule has 3 rings (SSSR count). The number of terminal acetylenes is 1. The van der Waals surface area contributed by atoms with Crippen molar-refractivity contribution in [1.82, 2.24) is 19.5 Å². The van der Waals surface area contributed by atoms with Crippen LogP contribution < -0.4 is 5.73 Å². The molecule has 1 aliphatic heterocycles. The molecule has 0 radical (unpaired) electrons. The predicted molar refractivity (Wildman–Crippen MR) is 136 cm³/mol. The quantitative estimate of drug-likeness (QED) is 0.126. The number of aliphatic hydroxyl groups is 1. The molecule has 0 aromatic carbocycles. The molecule has 0 aliphatic carbocycles. The van der Waals surface area contributed by atoms with Crippen LogP contribution in [0, 0.1) is 18.4 Å². The number of carboxylic acid groups (broad SMARTS) is 1. The van der Waals surface area contributed by atoms with Crippen LogP contribution in [-0.4, -0.2) is 60.0 Å². The molecule has 4 N–H and O–H groups in total. The number of unbranched alkanes of at least 4 members (excludes halogenated alkanes) is 9. The summed E-state index contributed by atoms with van der Waals surface area (Å²) in [6.07, 6.45) is 14.7. The van der Waals surface area contributed by atoms with Gasteiger partial charge < -0.3 is 25.4 Å². The van der Waals surface area contributed by atoms with Gasteiger partial charge in [0.15, 0.2) is 22.6 Å². The Balaban J connectivity index is 1.41. The maximum atomic E-state index is 13.7. The van der Waals surface area contributed by atoms with Crippen molar-refractivity contribution in [3.05, 3.63) is 12.4 Å². The van der Waals surface area contributed by atoms with E-state index in [0.29, 0.717) is 6.42 Å². The number of hydrogen-bond acceptors (Lipinski definition) is 9. The van der Waals surface area contributed by atoms with Crippen LogP contribution in [0.2, 0.25) is 0 Å². The third-order valence-corrected chi connectivity index (χ3v) is 6.79. The SMILES string of the molecule is C#C[C@]1(CO)O[C@@H](n2cnc3c(N)nc(F)nc32)C[C@@H]1OC(=O)CCCCCCCCCCCCC(=O)O. The second kappa shape index (κ2) is 14.0. The number of hydrogen-bond donors (Lipinski definition) is 3. The number of imidazole rings is 1. The normalized spacial score (nSPS) is 21.0. The number of fused-ring (bicyclic) bond motifs is 1. The smallest absolute Gasteiger partial charge is 0.312 e. The number of nitrogens with zero attached hydrogens (tertiary/aromatic N) is 4. The number of anilines is 1. The van der Waals surface area contributed by atoms with Crippen molar-refractivity contribution in [3.63, 3.8) is 0 Å². The van der Waals surface area contributed by atoms with Gasteiger partial charge in [0.25, 0.3) is 0 Å². The molecule has 11 nitrogen and oxygen atoms in total. The van der Waals surface area contributed by atoms with Crippen molar-refractivity contribution in [3.8, 4) is 12.3 Å². The summed E-state index contributed by atoms with van der Waals surface area (Å²) >= 11 is 0. The van der Waals surface area contributed by atoms with E-state index in [1.165, 1.54) is 10.9 Å². The fourth-order valence-corrected chi connectivity index (χ4v) is 4.66. The fourth-order valence-electron chi connectivity index (χ4n) is 4.66. The first-order valence-corrected chi connectivity index (χ1v) is 13.1. The molecule has 0 bridgehead atoms. The molecule has 0 unspecified atom stereocenters. The van der Waals surface area contributed by atoms with Gasteiger partial charge >= 0.3 is 18.0 Å². The number of carbonyl (C=O) groups is 2. The Hall–Kier alpha value is -3.30. The van der Waals surface area contributed by atoms with E-state index >= 15 is 0 Å². The van der Waals surface area contributed by atoms with E-state index in [0.717, 1.165) is 57.8 Å². The summed E-state index contributed by atoms with van der Waals surface area (Å²) in [5.41, 5.74) is 4.47. The Bertz CT molecular complexity index is 1140. The lowest BCUT2D eigenvalue weighted by Crippen LogP contribution is -2.44. The minimum Gasteiger partial charge on any atom is -0.481 e. The van der Waals surface area contributed by atoms with Crippen molar-refractivity contribution in [1.29, 1.82) is 0 Å². The molecule has 3 atom stereocenters. The molecule has 0 spiro atoms. The first-order chi connectivity index (χ1) is 18.3. The van der Waals surface area contributed by atoms with Crippen LogP contribution in [0.1, 0.15) is 89.7 Å². The van der Waals surface area contributed by atoms with Gasteiger partial charge in [0.05, 0.1) is 12.9 Å². The zero-order valence-corrected chi connectivity index (χ0v) is 21.5. The van der Waals surface area contributed by atoms with Crippen molar-refractivity contribution in [2.24, 2.45) is 0 Å². The summed E-state index contributed by atoms with van der Waals surface area (Å²) in [5.74, 6) is 1.14. The average molecular weight is 534 g/mol. The Labute approximate surface area is 220 Å². The number of ether oxygens (including phenoxy) is 2. The topological polar surface area (TPSA) is 163 Å². The zero-order valence-electron chi connectivity index (χ0n) is 21.5. The van der Waals surface area contributed by atoms with Crippen molar-refractivity contribution in [2.75, 3.05) is 12.3 Å². The van der Waals surface area contributed by atoms with E-state index < -0.39 is 42.6 Å². The average Bonchev–Trinajstić information content (AvgIpc) is 3.46. The van der Waals surface area contributed by atoms with Gasteiger partial charge in [0, 0.05) is 19.3 Å². The number of nitrogen functional groups attached to an aromatic ring is 1. The van der Waals surface area contributed by atoms with E-state index in [-0.39, 0.29) is 36.2 Å². The predicted octanol–water partition coefficient (Wildman–Crippen LogP) is 3.51. The third kappa shape index (κ3) is 7.61. The Morgan fingerprint density at radius 3 is 2.32 bits per heavy atom.